The van der Waals surface area contributed by atoms with Gasteiger partial charge in [-0.05, 0) is 74.9 Å². The molecule has 0 spiro atoms. The highest BCUT2D eigenvalue weighted by Crippen LogP contribution is 2.35. The second kappa shape index (κ2) is 43.1. The van der Waals surface area contributed by atoms with Crippen molar-refractivity contribution in [2.24, 2.45) is 0 Å². The number of hydrogen-bond donors (Lipinski definition) is 14. The molecule has 20 heteroatoms. The molecule has 0 bridgehead atoms. The van der Waals surface area contributed by atoms with Crippen molar-refractivity contribution >= 4 is 41.4 Å². The highest BCUT2D eigenvalue weighted by molar-refractivity contribution is 6.08. The second-order valence-corrected chi connectivity index (χ2v) is 14.0. The normalized spacial score (nSPS) is 11.9. The fourth-order valence-electron chi connectivity index (χ4n) is 6.63. The van der Waals surface area contributed by atoms with Crippen molar-refractivity contribution in [2.45, 2.75) is 155 Å². The number of aliphatic hydroxyl groups excluding tert-OH is 9. The van der Waals surface area contributed by atoms with Crippen molar-refractivity contribution in [3.8, 4) is 0 Å². The molecule has 5 atom stereocenters. The lowest BCUT2D eigenvalue weighted by Gasteiger charge is -2.29. The van der Waals surface area contributed by atoms with Crippen LogP contribution >= 0.6 is 0 Å². The lowest BCUT2D eigenvalue weighted by molar-refractivity contribution is -0.107. The van der Waals surface area contributed by atoms with Gasteiger partial charge in [0.1, 0.15) is 0 Å². The van der Waals surface area contributed by atoms with Gasteiger partial charge in [-0.1, -0.05) is 83.1 Å². The molecule has 408 valence electrons. The summed E-state index contributed by atoms with van der Waals surface area (Å²) in [4.78, 5) is 67.6. The van der Waals surface area contributed by atoms with Crippen LogP contribution < -0.4 is 31.5 Å². The van der Waals surface area contributed by atoms with E-state index in [2.05, 4.69) is 26.6 Å². The minimum Gasteiger partial charge on any atom is -0.394 e. The summed E-state index contributed by atoms with van der Waals surface area (Å²) >= 11 is 0. The van der Waals surface area contributed by atoms with E-state index in [0.717, 1.165) is 4.90 Å². The number of carbonyl (C=O) groups is 5. The van der Waals surface area contributed by atoms with E-state index in [9.17, 15) is 69.9 Å². The van der Waals surface area contributed by atoms with Crippen LogP contribution in [-0.4, -0.2) is 172 Å². The van der Waals surface area contributed by atoms with Gasteiger partial charge in [0.15, 0.2) is 0 Å². The van der Waals surface area contributed by atoms with Gasteiger partial charge in [-0.3, -0.25) is 24.0 Å². The molecular weight excluding hydrogens is 909 g/mol. The van der Waals surface area contributed by atoms with E-state index in [0.29, 0.717) is 17.5 Å². The predicted molar refractivity (Wildman–Crippen MR) is 279 cm³/mol. The Morgan fingerprint density at radius 1 is 0.414 bits per heavy atom. The topological polar surface area (TPSA) is 331 Å². The van der Waals surface area contributed by atoms with E-state index < -0.39 is 87.1 Å². The fraction of sp³-hybridized carbons (Fsp3) is 0.660. The molecule has 0 aliphatic carbocycles. The molecule has 20 nitrogen and oxygen atoms in total. The minimum atomic E-state index is -1.38. The molecule has 0 radical (unpaired) electrons. The first-order valence-electron chi connectivity index (χ1n) is 24.5. The zero-order chi connectivity index (χ0) is 56.0. The predicted octanol–water partition coefficient (Wildman–Crippen LogP) is 2.46. The number of amides is 5. The number of nitrogens with zero attached hydrogens (tertiary/aromatic N) is 1. The third-order valence-corrected chi connectivity index (χ3v) is 9.54. The molecule has 0 saturated heterocycles. The summed E-state index contributed by atoms with van der Waals surface area (Å²) in [5.41, 5.74) is 1.86. The van der Waals surface area contributed by atoms with Gasteiger partial charge in [0.2, 0.25) is 6.41 Å². The largest absolute Gasteiger partial charge is 0.394 e. The number of hydrogen-bond acceptors (Lipinski definition) is 15. The zero-order valence-corrected chi connectivity index (χ0v) is 45.5. The lowest BCUT2D eigenvalue weighted by atomic mass is 9.89. The van der Waals surface area contributed by atoms with Crippen molar-refractivity contribution in [3.05, 3.63) is 55.6 Å². The molecule has 2 aromatic carbocycles. The smallest absolute Gasteiger partial charge is 0.252 e. The third-order valence-electron chi connectivity index (χ3n) is 9.54. The Bertz CT molecular complexity index is 1690. The van der Waals surface area contributed by atoms with E-state index in [-0.39, 0.29) is 88.6 Å². The maximum atomic E-state index is 13.5. The summed E-state index contributed by atoms with van der Waals surface area (Å²) in [5, 5.41) is 101. The van der Waals surface area contributed by atoms with Crippen LogP contribution in [0.5, 0.6) is 0 Å². The highest BCUT2D eigenvalue weighted by Gasteiger charge is 2.30. The van der Waals surface area contributed by atoms with Crippen molar-refractivity contribution in [2.75, 3.05) is 75.9 Å². The van der Waals surface area contributed by atoms with Crippen LogP contribution in [-0.2, 0) is 4.79 Å². The Morgan fingerprint density at radius 2 is 0.657 bits per heavy atom. The minimum absolute atomic E-state index is 0.0376. The fourth-order valence-corrected chi connectivity index (χ4v) is 6.63. The molecule has 5 unspecified atom stereocenters. The molecule has 0 aromatic heterocycles. The van der Waals surface area contributed by atoms with Crippen LogP contribution in [0.4, 0.5) is 11.4 Å². The Morgan fingerprint density at radius 3 is 0.886 bits per heavy atom. The van der Waals surface area contributed by atoms with Gasteiger partial charge in [0, 0.05) is 60.7 Å². The van der Waals surface area contributed by atoms with Crippen LogP contribution in [0.25, 0.3) is 0 Å². The number of anilines is 2. The van der Waals surface area contributed by atoms with Crippen molar-refractivity contribution in [3.63, 3.8) is 0 Å². The van der Waals surface area contributed by atoms with Crippen LogP contribution in [0.15, 0.2) is 0 Å². The van der Waals surface area contributed by atoms with Crippen LogP contribution in [0, 0.1) is 41.5 Å². The van der Waals surface area contributed by atoms with Gasteiger partial charge in [0.25, 0.3) is 23.6 Å². The number of carbonyl (C=O) groups excluding carboxylic acids is 5. The first-order valence-corrected chi connectivity index (χ1v) is 24.5. The molecule has 14 N–H and O–H groups in total. The Balaban J connectivity index is -0.00000108. The Kier molecular flexibility index (Phi) is 45.6. The van der Waals surface area contributed by atoms with E-state index in [4.69, 9.17) is 0 Å². The first-order chi connectivity index (χ1) is 33.3. The molecule has 5 amide bonds. The van der Waals surface area contributed by atoms with Gasteiger partial charge < -0.3 is 77.4 Å². The van der Waals surface area contributed by atoms with Gasteiger partial charge in [-0.15, -0.1) is 0 Å². The van der Waals surface area contributed by atoms with E-state index in [1.54, 1.807) is 13.8 Å². The second-order valence-electron chi connectivity index (χ2n) is 14.0. The number of aliphatic hydroxyl groups is 9. The van der Waals surface area contributed by atoms with Crippen LogP contribution in [0.2, 0.25) is 0 Å². The molecule has 2 rings (SSSR count). The zero-order valence-electron chi connectivity index (χ0n) is 45.5. The molecule has 2 aromatic rings. The molecule has 70 heavy (non-hydrogen) atoms. The Hall–Kier alpha value is -4.77. The van der Waals surface area contributed by atoms with Gasteiger partial charge in [0.05, 0.1) is 69.2 Å². The van der Waals surface area contributed by atoms with E-state index >= 15 is 0 Å². The van der Waals surface area contributed by atoms with Gasteiger partial charge >= 0.3 is 0 Å². The number of benzene rings is 2. The highest BCUT2D eigenvalue weighted by atomic mass is 16.3. The monoisotopic (exact) mass is 1000 g/mol. The lowest BCUT2D eigenvalue weighted by Crippen LogP contribution is -2.39. The number of nitrogens with one attached hydrogen (secondary N) is 5. The maximum absolute atomic E-state index is 13.5. The summed E-state index contributed by atoms with van der Waals surface area (Å²) in [6.07, 6.45) is -6.10. The van der Waals surface area contributed by atoms with E-state index in [1.807, 2.05) is 83.1 Å². The van der Waals surface area contributed by atoms with Gasteiger partial charge in [-0.25, -0.2) is 0 Å². The summed E-state index contributed by atoms with van der Waals surface area (Å²) < 4.78 is 0. The molecule has 0 saturated carbocycles. The van der Waals surface area contributed by atoms with Crippen molar-refractivity contribution < 1.29 is 69.9 Å². The third kappa shape index (κ3) is 23.4. The van der Waals surface area contributed by atoms with E-state index in [1.165, 1.54) is 27.7 Å². The first kappa shape index (κ1) is 74.2. The van der Waals surface area contributed by atoms with Gasteiger partial charge in [-0.2, -0.15) is 0 Å². The molecule has 0 fully saturated rings. The summed E-state index contributed by atoms with van der Waals surface area (Å²) in [6, 6.07) is 0. The molecule has 0 heterocycles. The van der Waals surface area contributed by atoms with Crippen LogP contribution in [0.1, 0.15) is 158 Å². The maximum Gasteiger partial charge on any atom is 0.252 e. The molecule has 0 aliphatic rings. The molecular formula is C50H94N6O14. The van der Waals surface area contributed by atoms with Crippen molar-refractivity contribution in [1.82, 2.24) is 21.3 Å². The average molecular weight is 1000 g/mol. The quantitative estimate of drug-likeness (QED) is 0.0712. The van der Waals surface area contributed by atoms with Crippen LogP contribution in [0.3, 0.4) is 0 Å². The summed E-state index contributed by atoms with van der Waals surface area (Å²) in [6.45, 7) is 28.7. The molecule has 0 aliphatic heterocycles. The Labute approximate surface area is 418 Å². The summed E-state index contributed by atoms with van der Waals surface area (Å²) in [7, 11) is 0. The SMILES string of the molecule is CC.CC.CC.CC.CC.CC.Cc1c(NCC(O)CN(C=O)c2c(C)c(C(=O)NCC(O)CO)c(C)c(C(=O)NCC(O)CO)c2C)c(C)c(C(=O)NCC(O)CO)c(C)c1C(=O)NCC(O)CO. The average Bonchev–Trinajstić information content (AvgIpc) is 3.38. The van der Waals surface area contributed by atoms with Crippen molar-refractivity contribution in [1.29, 1.82) is 0 Å². The standard InChI is InChI=1S/C38H58N6O14.6C2H6/c1-18-29(35(55)40-8-25(51)13-45)20(3)33(21(4)30(18)36(56)41-9-26(52)14-46)39-7-24(50)12-44(17-49)34-22(5)31(37(57)42-10-27(53)15-47)19(2)32(23(34)6)38(58)43-11-28(54)16-48;6*1-2/h17,24-28,39,45-48,50-54H,7-16H2,1-6H3,(H,40,55)(H,41,56)(H,42,57)(H,43,58);6*1-2H3. The number of rotatable bonds is 23. The summed E-state index contributed by atoms with van der Waals surface area (Å²) in [5.74, 6) is -2.88.